The first kappa shape index (κ1) is 8.00. The van der Waals surface area contributed by atoms with Crippen molar-refractivity contribution in [3.8, 4) is 0 Å². The van der Waals surface area contributed by atoms with Gasteiger partial charge in [-0.3, -0.25) is 4.18 Å². The van der Waals surface area contributed by atoms with Crippen LogP contribution in [0.2, 0.25) is 0 Å². The highest BCUT2D eigenvalue weighted by Gasteiger charge is 2.46. The van der Waals surface area contributed by atoms with Crippen LogP contribution in [-0.2, 0) is 15.4 Å². The molecule has 2 rings (SSSR count). The minimum Gasteiger partial charge on any atom is -0.464 e. The number of carboxylic acid groups (broad SMARTS) is 1. The molecule has 0 radical (unpaired) electrons. The molecular weight excluding hydrogens is 182 g/mol. The van der Waals surface area contributed by atoms with Crippen LogP contribution < -0.4 is 0 Å². The molecule has 1 saturated carbocycles. The van der Waals surface area contributed by atoms with Crippen LogP contribution in [0.4, 0.5) is 4.79 Å². The molecule has 68 valence electrons. The molecule has 1 heterocycles. The highest BCUT2D eigenvalue weighted by Crippen LogP contribution is 2.34. The van der Waals surface area contributed by atoms with Gasteiger partial charge in [-0.15, -0.1) is 0 Å². The molecule has 5 nitrogen and oxygen atoms in total. The summed E-state index contributed by atoms with van der Waals surface area (Å²) in [5, 5.41) is 8.68. The Balaban J connectivity index is 2.21. The molecular formula is C6H9NO4S. The average Bonchev–Trinajstić information content (AvgIpc) is 2.44. The van der Waals surface area contributed by atoms with Gasteiger partial charge in [0.05, 0.1) is 12.1 Å². The van der Waals surface area contributed by atoms with Crippen molar-refractivity contribution in [1.29, 1.82) is 0 Å². The number of rotatable bonds is 0. The molecule has 1 N–H and O–H groups in total. The summed E-state index contributed by atoms with van der Waals surface area (Å²) in [7, 11) is 0. The van der Waals surface area contributed by atoms with Gasteiger partial charge in [0.2, 0.25) is 0 Å². The van der Waals surface area contributed by atoms with Gasteiger partial charge in [-0.2, -0.15) is 4.31 Å². The Morgan fingerprint density at radius 2 is 2.33 bits per heavy atom. The van der Waals surface area contributed by atoms with Crippen molar-refractivity contribution < 1.29 is 18.3 Å². The van der Waals surface area contributed by atoms with Crippen LogP contribution in [0.1, 0.15) is 19.3 Å². The minimum atomic E-state index is -1.77. The number of fused-ring (bicyclic) bond motifs is 1. The fraction of sp³-hybridized carbons (Fsp3) is 0.833. The van der Waals surface area contributed by atoms with E-state index in [1.54, 1.807) is 0 Å². The van der Waals surface area contributed by atoms with Crippen LogP contribution in [-0.4, -0.2) is 31.9 Å². The van der Waals surface area contributed by atoms with E-state index in [0.717, 1.165) is 23.6 Å². The maximum Gasteiger partial charge on any atom is 0.421 e. The summed E-state index contributed by atoms with van der Waals surface area (Å²) in [5.74, 6) is 0. The summed E-state index contributed by atoms with van der Waals surface area (Å²) in [4.78, 5) is 10.6. The van der Waals surface area contributed by atoms with Gasteiger partial charge in [-0.1, -0.05) is 0 Å². The maximum atomic E-state index is 11.1. The van der Waals surface area contributed by atoms with Crippen LogP contribution in [0.15, 0.2) is 0 Å². The van der Waals surface area contributed by atoms with E-state index < -0.39 is 17.4 Å². The summed E-state index contributed by atoms with van der Waals surface area (Å²) in [5.41, 5.74) is 0. The highest BCUT2D eigenvalue weighted by molar-refractivity contribution is 7.78. The molecule has 0 spiro atoms. The van der Waals surface area contributed by atoms with E-state index in [2.05, 4.69) is 0 Å². The Labute approximate surface area is 72.1 Å². The standard InChI is InChI=1S/C6H9NO4S/c8-6(9)7-4-2-1-3-5(4)11-12(7)10/h4-5H,1-3H2,(H,8,9)/t4-,5+,12?/m0/s1. The molecule has 0 aromatic carbocycles. The van der Waals surface area contributed by atoms with Crippen molar-refractivity contribution >= 4 is 17.4 Å². The highest BCUT2D eigenvalue weighted by atomic mass is 32.2. The minimum absolute atomic E-state index is 0.137. The van der Waals surface area contributed by atoms with Gasteiger partial charge in [0.15, 0.2) is 0 Å². The normalized spacial score (nSPS) is 40.0. The van der Waals surface area contributed by atoms with Crippen LogP contribution >= 0.6 is 0 Å². The first-order valence-electron chi connectivity index (χ1n) is 3.81. The van der Waals surface area contributed by atoms with E-state index in [0.29, 0.717) is 0 Å². The molecule has 6 heteroatoms. The SMILES string of the molecule is O=C(O)N1[C@H]2CCC[C@H]2OS1=O. The van der Waals surface area contributed by atoms with E-state index >= 15 is 0 Å². The smallest absolute Gasteiger partial charge is 0.421 e. The molecule has 0 bridgehead atoms. The Kier molecular flexibility index (Phi) is 1.80. The van der Waals surface area contributed by atoms with Crippen LogP contribution in [0.25, 0.3) is 0 Å². The van der Waals surface area contributed by atoms with E-state index in [1.807, 2.05) is 0 Å². The number of hydrogen-bond acceptors (Lipinski definition) is 3. The van der Waals surface area contributed by atoms with Crippen molar-refractivity contribution in [2.45, 2.75) is 31.4 Å². The molecule has 0 aromatic heterocycles. The number of carbonyl (C=O) groups is 1. The summed E-state index contributed by atoms with van der Waals surface area (Å²) >= 11 is -1.77. The quantitative estimate of drug-likeness (QED) is 0.605. The summed E-state index contributed by atoms with van der Waals surface area (Å²) in [6.45, 7) is 0. The molecule has 2 fully saturated rings. The van der Waals surface area contributed by atoms with E-state index in [1.165, 1.54) is 0 Å². The van der Waals surface area contributed by atoms with Gasteiger partial charge in [-0.05, 0) is 19.3 Å². The fourth-order valence-electron chi connectivity index (χ4n) is 1.76. The second kappa shape index (κ2) is 2.70. The Hall–Kier alpha value is -0.620. The molecule has 1 amide bonds. The Morgan fingerprint density at radius 1 is 1.58 bits per heavy atom. The largest absolute Gasteiger partial charge is 0.464 e. The first-order valence-corrected chi connectivity index (χ1v) is 4.84. The van der Waals surface area contributed by atoms with E-state index in [-0.39, 0.29) is 12.1 Å². The number of amides is 1. The molecule has 3 atom stereocenters. The van der Waals surface area contributed by atoms with Gasteiger partial charge in [0, 0.05) is 0 Å². The third-order valence-electron chi connectivity index (χ3n) is 2.27. The lowest BCUT2D eigenvalue weighted by Gasteiger charge is -2.14. The lowest BCUT2D eigenvalue weighted by atomic mass is 10.2. The third-order valence-corrected chi connectivity index (χ3v) is 3.43. The molecule has 12 heavy (non-hydrogen) atoms. The predicted octanol–water partition coefficient (Wildman–Crippen LogP) is 0.496. The van der Waals surface area contributed by atoms with Gasteiger partial charge in [0.25, 0.3) is 11.3 Å². The number of hydrogen-bond donors (Lipinski definition) is 1. The van der Waals surface area contributed by atoms with Crippen molar-refractivity contribution in [1.82, 2.24) is 4.31 Å². The van der Waals surface area contributed by atoms with Crippen LogP contribution in [0, 0.1) is 0 Å². The molecule has 1 unspecified atom stereocenters. The van der Waals surface area contributed by atoms with Crippen molar-refractivity contribution in [3.63, 3.8) is 0 Å². The first-order chi connectivity index (χ1) is 5.70. The summed E-state index contributed by atoms with van der Waals surface area (Å²) in [6.07, 6.45) is 1.25. The fourth-order valence-corrected chi connectivity index (χ4v) is 2.87. The summed E-state index contributed by atoms with van der Waals surface area (Å²) in [6, 6.07) is -0.177. The zero-order chi connectivity index (χ0) is 8.72. The van der Waals surface area contributed by atoms with Crippen LogP contribution in [0.3, 0.4) is 0 Å². The lowest BCUT2D eigenvalue weighted by Crippen LogP contribution is -2.36. The zero-order valence-corrected chi connectivity index (χ0v) is 7.12. The maximum absolute atomic E-state index is 11.1. The Bertz CT molecular complexity index is 244. The van der Waals surface area contributed by atoms with Crippen molar-refractivity contribution in [2.24, 2.45) is 0 Å². The van der Waals surface area contributed by atoms with Crippen molar-refractivity contribution in [2.75, 3.05) is 0 Å². The van der Waals surface area contributed by atoms with Gasteiger partial charge in [0.1, 0.15) is 0 Å². The molecule has 0 aromatic rings. The second-order valence-electron chi connectivity index (χ2n) is 2.96. The van der Waals surface area contributed by atoms with Gasteiger partial charge >= 0.3 is 6.09 Å². The lowest BCUT2D eigenvalue weighted by molar-refractivity contribution is 0.159. The average molecular weight is 191 g/mol. The van der Waals surface area contributed by atoms with E-state index in [9.17, 15) is 9.00 Å². The molecule has 1 aliphatic heterocycles. The van der Waals surface area contributed by atoms with Crippen molar-refractivity contribution in [3.05, 3.63) is 0 Å². The van der Waals surface area contributed by atoms with Gasteiger partial charge < -0.3 is 5.11 Å². The molecule has 1 saturated heterocycles. The van der Waals surface area contributed by atoms with Crippen LogP contribution in [0.5, 0.6) is 0 Å². The molecule has 2 aliphatic rings. The monoisotopic (exact) mass is 191 g/mol. The zero-order valence-electron chi connectivity index (χ0n) is 6.30. The second-order valence-corrected chi connectivity index (χ2v) is 3.98. The third kappa shape index (κ3) is 1.02. The Morgan fingerprint density at radius 3 is 3.00 bits per heavy atom. The molecule has 1 aliphatic carbocycles. The summed E-state index contributed by atoms with van der Waals surface area (Å²) < 4.78 is 17.0. The van der Waals surface area contributed by atoms with Gasteiger partial charge in [-0.25, -0.2) is 9.00 Å². The van der Waals surface area contributed by atoms with E-state index in [4.69, 9.17) is 9.29 Å². The topological polar surface area (TPSA) is 66.8 Å². The number of nitrogens with zero attached hydrogens (tertiary/aromatic N) is 1. The predicted molar refractivity (Wildman–Crippen MR) is 40.5 cm³/mol.